The summed E-state index contributed by atoms with van der Waals surface area (Å²) in [6, 6.07) is 21.0. The van der Waals surface area contributed by atoms with Gasteiger partial charge in [0, 0.05) is 31.5 Å². The van der Waals surface area contributed by atoms with Crippen LogP contribution in [0, 0.1) is 13.8 Å². The number of fused-ring (bicyclic) bond motifs is 1. The van der Waals surface area contributed by atoms with Gasteiger partial charge in [-0.3, -0.25) is 4.79 Å². The van der Waals surface area contributed by atoms with Crippen molar-refractivity contribution < 1.29 is 9.53 Å². The minimum atomic E-state index is -0.0900. The molecule has 0 atom stereocenters. The van der Waals surface area contributed by atoms with Crippen molar-refractivity contribution in [3.05, 3.63) is 94.8 Å². The first-order valence-electron chi connectivity index (χ1n) is 12.2. The average Bonchev–Trinajstić information content (AvgIpc) is 3.22. The molecule has 1 N–H and O–H groups in total. The lowest BCUT2D eigenvalue weighted by atomic mass is 9.89. The molecule has 4 aromatic rings. The average molecular weight is 469 g/mol. The number of methoxy groups -OCH3 is 1. The molecule has 0 spiro atoms. The second-order valence-electron chi connectivity index (χ2n) is 9.38. The van der Waals surface area contributed by atoms with Crippen LogP contribution in [0.5, 0.6) is 5.75 Å². The van der Waals surface area contributed by atoms with Crippen LogP contribution in [-0.2, 0) is 6.54 Å². The zero-order valence-corrected chi connectivity index (χ0v) is 20.6. The summed E-state index contributed by atoms with van der Waals surface area (Å²) in [5.41, 5.74) is 7.05. The van der Waals surface area contributed by atoms with Gasteiger partial charge in [-0.2, -0.15) is 5.10 Å². The zero-order chi connectivity index (χ0) is 24.4. The summed E-state index contributed by atoms with van der Waals surface area (Å²) in [5, 5.41) is 7.54. The molecule has 6 heteroatoms. The van der Waals surface area contributed by atoms with Crippen molar-refractivity contribution in [3.63, 3.8) is 0 Å². The van der Waals surface area contributed by atoms with Gasteiger partial charge in [0.05, 0.1) is 23.9 Å². The van der Waals surface area contributed by atoms with Crippen molar-refractivity contribution in [1.29, 1.82) is 0 Å². The van der Waals surface area contributed by atoms with Gasteiger partial charge in [0.25, 0.3) is 5.91 Å². The summed E-state index contributed by atoms with van der Waals surface area (Å²) in [6.07, 6.45) is 4.18. The summed E-state index contributed by atoms with van der Waals surface area (Å²) in [4.78, 5) is 15.4. The summed E-state index contributed by atoms with van der Waals surface area (Å²) in [7, 11) is 1.70. The predicted molar refractivity (Wildman–Crippen MR) is 139 cm³/mol. The summed E-state index contributed by atoms with van der Waals surface area (Å²) in [6.45, 7) is 6.47. The van der Waals surface area contributed by atoms with E-state index in [2.05, 4.69) is 63.8 Å². The number of aromatic nitrogens is 2. The van der Waals surface area contributed by atoms with Gasteiger partial charge in [0.1, 0.15) is 5.75 Å². The first-order valence-corrected chi connectivity index (χ1v) is 12.2. The third kappa shape index (κ3) is 4.87. The van der Waals surface area contributed by atoms with E-state index in [9.17, 15) is 4.79 Å². The maximum atomic E-state index is 12.9. The van der Waals surface area contributed by atoms with Gasteiger partial charge in [0.15, 0.2) is 0 Å². The fraction of sp³-hybridized carbons (Fsp3) is 0.310. The molecule has 1 aliphatic rings. The van der Waals surface area contributed by atoms with Crippen LogP contribution in [0.1, 0.15) is 51.5 Å². The van der Waals surface area contributed by atoms with E-state index in [1.54, 1.807) is 11.6 Å². The lowest BCUT2D eigenvalue weighted by Crippen LogP contribution is -2.32. The minimum absolute atomic E-state index is 0.0900. The number of nitrogens with zero attached hydrogens (tertiary/aromatic N) is 3. The monoisotopic (exact) mass is 468 g/mol. The SMILES string of the molecule is COc1ccc(C2CCN(c3ccc(CNC(=O)c4c(C)nn5ccc(C)cc45)cc3)CC2)cc1. The molecule has 0 radical (unpaired) electrons. The molecule has 0 bridgehead atoms. The van der Waals surface area contributed by atoms with Crippen LogP contribution in [-0.4, -0.2) is 35.7 Å². The van der Waals surface area contributed by atoms with E-state index in [0.29, 0.717) is 18.0 Å². The largest absolute Gasteiger partial charge is 0.497 e. The summed E-state index contributed by atoms with van der Waals surface area (Å²) >= 11 is 0. The van der Waals surface area contributed by atoms with Gasteiger partial charge in [-0.25, -0.2) is 4.52 Å². The Morgan fingerprint density at radius 1 is 1.03 bits per heavy atom. The van der Waals surface area contributed by atoms with Gasteiger partial charge >= 0.3 is 0 Å². The van der Waals surface area contributed by atoms with Gasteiger partial charge < -0.3 is 15.0 Å². The Kier molecular flexibility index (Phi) is 6.45. The Morgan fingerprint density at radius 3 is 2.43 bits per heavy atom. The van der Waals surface area contributed by atoms with E-state index in [-0.39, 0.29) is 5.91 Å². The second-order valence-corrected chi connectivity index (χ2v) is 9.38. The molecule has 0 saturated carbocycles. The number of rotatable bonds is 6. The van der Waals surface area contributed by atoms with E-state index >= 15 is 0 Å². The normalized spacial score (nSPS) is 14.3. The lowest BCUT2D eigenvalue weighted by Gasteiger charge is -2.34. The Morgan fingerprint density at radius 2 is 1.74 bits per heavy atom. The highest BCUT2D eigenvalue weighted by Gasteiger charge is 2.21. The standard InChI is InChI=1S/C29H32N4O2/c1-20-12-17-33-27(18-20)28(21(2)31-33)29(34)30-19-22-4-8-25(9-5-22)32-15-13-24(14-16-32)23-6-10-26(35-3)11-7-23/h4-12,17-18,24H,13-16,19H2,1-3H3,(H,30,34). The number of aryl methyl sites for hydroxylation is 2. The van der Waals surface area contributed by atoms with Crippen LogP contribution in [0.4, 0.5) is 5.69 Å². The maximum Gasteiger partial charge on any atom is 0.255 e. The number of carbonyl (C=O) groups excluding carboxylic acids is 1. The molecule has 1 amide bonds. The van der Waals surface area contributed by atoms with Gasteiger partial charge in [0.2, 0.25) is 0 Å². The number of nitrogens with one attached hydrogen (secondary N) is 1. The molecule has 1 fully saturated rings. The van der Waals surface area contributed by atoms with Crippen LogP contribution >= 0.6 is 0 Å². The van der Waals surface area contributed by atoms with E-state index in [1.807, 2.05) is 32.2 Å². The number of ether oxygens (including phenoxy) is 1. The number of hydrogen-bond donors (Lipinski definition) is 1. The number of amides is 1. The lowest BCUT2D eigenvalue weighted by molar-refractivity contribution is 0.0952. The number of anilines is 1. The Balaban J connectivity index is 1.17. The fourth-order valence-electron chi connectivity index (χ4n) is 4.99. The zero-order valence-electron chi connectivity index (χ0n) is 20.6. The number of pyridine rings is 1. The molecule has 35 heavy (non-hydrogen) atoms. The first kappa shape index (κ1) is 23.0. The number of hydrogen-bond acceptors (Lipinski definition) is 4. The molecule has 2 aromatic carbocycles. The van der Waals surface area contributed by atoms with Gasteiger partial charge in [-0.1, -0.05) is 24.3 Å². The van der Waals surface area contributed by atoms with Crippen LogP contribution in [0.15, 0.2) is 66.9 Å². The summed E-state index contributed by atoms with van der Waals surface area (Å²) in [5.74, 6) is 1.41. The maximum absolute atomic E-state index is 12.9. The smallest absolute Gasteiger partial charge is 0.255 e. The van der Waals surface area contributed by atoms with Gasteiger partial charge in [-0.15, -0.1) is 0 Å². The van der Waals surface area contributed by atoms with Crippen molar-refractivity contribution >= 4 is 17.1 Å². The molecule has 0 aliphatic carbocycles. The van der Waals surface area contributed by atoms with Gasteiger partial charge in [-0.05, 0) is 85.7 Å². The minimum Gasteiger partial charge on any atom is -0.497 e. The van der Waals surface area contributed by atoms with Crippen LogP contribution in [0.25, 0.3) is 5.52 Å². The Labute approximate surface area is 206 Å². The molecule has 6 nitrogen and oxygen atoms in total. The fourth-order valence-corrected chi connectivity index (χ4v) is 4.99. The molecular weight excluding hydrogens is 436 g/mol. The van der Waals surface area contributed by atoms with Crippen LogP contribution < -0.4 is 15.0 Å². The van der Waals surface area contributed by atoms with E-state index < -0.39 is 0 Å². The highest BCUT2D eigenvalue weighted by molar-refractivity contribution is 6.02. The highest BCUT2D eigenvalue weighted by atomic mass is 16.5. The van der Waals surface area contributed by atoms with Crippen LogP contribution in [0.3, 0.4) is 0 Å². The van der Waals surface area contributed by atoms with Crippen molar-refractivity contribution in [2.24, 2.45) is 0 Å². The van der Waals surface area contributed by atoms with Crippen molar-refractivity contribution in [1.82, 2.24) is 14.9 Å². The number of piperidine rings is 1. The third-order valence-corrected chi connectivity index (χ3v) is 7.03. The quantitative estimate of drug-likeness (QED) is 0.419. The molecule has 5 rings (SSSR count). The first-order chi connectivity index (χ1) is 17.0. The number of carbonyl (C=O) groups is 1. The molecule has 3 heterocycles. The molecular formula is C29H32N4O2. The molecule has 1 saturated heterocycles. The van der Waals surface area contributed by atoms with Crippen molar-refractivity contribution in [3.8, 4) is 5.75 Å². The third-order valence-electron chi connectivity index (χ3n) is 7.03. The molecule has 180 valence electrons. The topological polar surface area (TPSA) is 58.9 Å². The van der Waals surface area contributed by atoms with E-state index in [4.69, 9.17) is 4.74 Å². The molecule has 1 aliphatic heterocycles. The van der Waals surface area contributed by atoms with Crippen molar-refractivity contribution in [2.45, 2.75) is 39.2 Å². The van der Waals surface area contributed by atoms with E-state index in [1.165, 1.54) is 11.3 Å². The molecule has 2 aromatic heterocycles. The summed E-state index contributed by atoms with van der Waals surface area (Å²) < 4.78 is 7.05. The van der Waals surface area contributed by atoms with E-state index in [0.717, 1.165) is 54.0 Å². The van der Waals surface area contributed by atoms with Crippen molar-refractivity contribution in [2.75, 3.05) is 25.1 Å². The second kappa shape index (κ2) is 9.82. The predicted octanol–water partition coefficient (Wildman–Crippen LogP) is 5.27. The Bertz CT molecular complexity index is 1320. The number of benzene rings is 2. The highest BCUT2D eigenvalue weighted by Crippen LogP contribution is 2.31. The van der Waals surface area contributed by atoms with Crippen LogP contribution in [0.2, 0.25) is 0 Å². The Hall–Kier alpha value is -3.80. The molecule has 0 unspecified atom stereocenters.